The molecule has 2 heterocycles. The van der Waals surface area contributed by atoms with Crippen molar-refractivity contribution >= 4 is 28.9 Å². The first-order chi connectivity index (χ1) is 16.7. The van der Waals surface area contributed by atoms with E-state index in [0.717, 1.165) is 17.4 Å². The van der Waals surface area contributed by atoms with Crippen LogP contribution in [0.2, 0.25) is 0 Å². The number of methoxy groups -OCH3 is 1. The second-order valence-corrected chi connectivity index (χ2v) is 8.24. The van der Waals surface area contributed by atoms with Crippen LogP contribution in [-0.4, -0.2) is 24.1 Å². The van der Waals surface area contributed by atoms with Gasteiger partial charge >= 0.3 is 11.7 Å². The lowest BCUT2D eigenvalue weighted by Crippen LogP contribution is -2.16. The maximum absolute atomic E-state index is 12.9. The number of hydrogen-bond acceptors (Lipinski definition) is 7. The molecular weight excluding hydrogens is 450 g/mol. The first kappa shape index (κ1) is 25.6. The molecule has 0 aliphatic rings. The average molecular weight is 480 g/mol. The number of Topliss-reactive ketones (excluding diaryl/α,β-unsaturated/α-hetero) is 1. The van der Waals surface area contributed by atoms with Crippen molar-refractivity contribution in [3.63, 3.8) is 0 Å². The molecule has 2 N–H and O–H groups in total. The lowest BCUT2D eigenvalue weighted by atomic mass is 10.00. The fourth-order valence-electron chi connectivity index (χ4n) is 3.57. The zero-order chi connectivity index (χ0) is 25.5. The second-order valence-electron chi connectivity index (χ2n) is 8.24. The first-order valence-corrected chi connectivity index (χ1v) is 11.4. The third-order valence-electron chi connectivity index (χ3n) is 5.66. The van der Waals surface area contributed by atoms with Crippen LogP contribution in [0, 0.1) is 0 Å². The van der Waals surface area contributed by atoms with E-state index in [4.69, 9.17) is 8.83 Å². The number of alkyl carbamates (subject to hydrolysis) is 1. The summed E-state index contributed by atoms with van der Waals surface area (Å²) in [4.78, 5) is 36.5. The van der Waals surface area contributed by atoms with Crippen LogP contribution in [0.1, 0.15) is 67.0 Å². The van der Waals surface area contributed by atoms with Gasteiger partial charge in [-0.15, -0.1) is 0 Å². The number of ether oxygens (including phenoxy) is 1. The van der Waals surface area contributed by atoms with Gasteiger partial charge in [0.15, 0.2) is 5.78 Å². The molecule has 0 aliphatic carbocycles. The molecule has 184 valence electrons. The van der Waals surface area contributed by atoms with E-state index >= 15 is 0 Å². The van der Waals surface area contributed by atoms with Crippen LogP contribution >= 0.6 is 0 Å². The minimum atomic E-state index is -0.898. The van der Waals surface area contributed by atoms with Crippen molar-refractivity contribution in [2.75, 3.05) is 7.11 Å². The van der Waals surface area contributed by atoms with Crippen LogP contribution in [0.4, 0.5) is 4.79 Å². The molecule has 2 aromatic heterocycles. The number of ketones is 1. The summed E-state index contributed by atoms with van der Waals surface area (Å²) < 4.78 is 15.6. The number of nitrogens with one attached hydrogen (secondary N) is 1. The van der Waals surface area contributed by atoms with Gasteiger partial charge in [-0.05, 0) is 50.0 Å². The summed E-state index contributed by atoms with van der Waals surface area (Å²) in [5.41, 5.74) is 0.769. The Morgan fingerprint density at radius 3 is 2.66 bits per heavy atom. The number of fused-ring (bicyclic) bond motifs is 1. The zero-order valence-corrected chi connectivity index (χ0v) is 20.2. The standard InChI is InChI=1S/C27H29NO7/c1-5-18-9-10-19-14-20(34-23(19)13-18)12-17(3)25(30)24-21(29)15-22(35-26(24)31)16(2)8-6-7-11-28-27(32)33-4/h7,9-16,29H,5-6,8H2,1-4H3,(H,28,32)/b11-7+,17-12+. The molecule has 1 aromatic carbocycles. The van der Waals surface area contributed by atoms with Gasteiger partial charge in [-0.3, -0.25) is 10.1 Å². The summed E-state index contributed by atoms with van der Waals surface area (Å²) >= 11 is 0. The Bertz CT molecular complexity index is 1340. The molecule has 0 radical (unpaired) electrons. The average Bonchev–Trinajstić information content (AvgIpc) is 3.24. The van der Waals surface area contributed by atoms with Gasteiger partial charge in [-0.25, -0.2) is 9.59 Å². The molecule has 1 amide bonds. The first-order valence-electron chi connectivity index (χ1n) is 11.4. The van der Waals surface area contributed by atoms with Gasteiger partial charge in [0.25, 0.3) is 0 Å². The molecule has 8 heteroatoms. The lowest BCUT2D eigenvalue weighted by molar-refractivity contribution is 0.102. The fraction of sp³-hybridized carbons (Fsp3) is 0.296. The van der Waals surface area contributed by atoms with E-state index < -0.39 is 28.8 Å². The number of carbonyl (C=O) groups excluding carboxylic acids is 2. The van der Waals surface area contributed by atoms with Crippen LogP contribution < -0.4 is 10.9 Å². The third kappa shape index (κ3) is 6.29. The number of carbonyl (C=O) groups is 2. The van der Waals surface area contributed by atoms with Crippen molar-refractivity contribution < 1.29 is 28.3 Å². The van der Waals surface area contributed by atoms with Crippen molar-refractivity contribution in [1.82, 2.24) is 5.32 Å². The van der Waals surface area contributed by atoms with Crippen molar-refractivity contribution in [3.8, 4) is 5.75 Å². The van der Waals surface area contributed by atoms with Crippen molar-refractivity contribution in [2.24, 2.45) is 0 Å². The highest BCUT2D eigenvalue weighted by atomic mass is 16.5. The number of rotatable bonds is 9. The fourth-order valence-corrected chi connectivity index (χ4v) is 3.57. The summed E-state index contributed by atoms with van der Waals surface area (Å²) in [6, 6.07) is 9.04. The highest BCUT2D eigenvalue weighted by Crippen LogP contribution is 2.27. The van der Waals surface area contributed by atoms with Crippen LogP contribution in [-0.2, 0) is 11.2 Å². The molecule has 35 heavy (non-hydrogen) atoms. The number of hydrogen-bond donors (Lipinski definition) is 2. The minimum Gasteiger partial charge on any atom is -0.507 e. The van der Waals surface area contributed by atoms with Crippen LogP contribution in [0.15, 0.2) is 61.8 Å². The molecule has 0 bridgehead atoms. The Hall–Kier alpha value is -4.07. The normalized spacial score (nSPS) is 12.7. The molecule has 1 unspecified atom stereocenters. The Morgan fingerprint density at radius 2 is 1.97 bits per heavy atom. The van der Waals surface area contributed by atoms with Crippen molar-refractivity contribution in [2.45, 2.75) is 46.0 Å². The SMILES string of the molecule is CCc1ccc2cc(/C=C(\C)C(=O)c3c(O)cc(C(C)CC/C=C/NC(=O)OC)oc3=O)oc2c1. The predicted molar refractivity (Wildman–Crippen MR) is 133 cm³/mol. The highest BCUT2D eigenvalue weighted by molar-refractivity contribution is 6.12. The number of allylic oxidation sites excluding steroid dienone is 2. The molecule has 0 spiro atoms. The van der Waals surface area contributed by atoms with E-state index in [0.29, 0.717) is 24.2 Å². The second kappa shape index (κ2) is 11.4. The summed E-state index contributed by atoms with van der Waals surface area (Å²) in [5.74, 6) is -0.532. The monoisotopic (exact) mass is 479 g/mol. The van der Waals surface area contributed by atoms with E-state index in [2.05, 4.69) is 17.0 Å². The zero-order valence-electron chi connectivity index (χ0n) is 20.2. The van der Waals surface area contributed by atoms with Gasteiger partial charge < -0.3 is 18.7 Å². The van der Waals surface area contributed by atoms with Crippen LogP contribution in [0.25, 0.3) is 17.0 Å². The number of amides is 1. The Labute approximate surface area is 202 Å². The molecule has 3 rings (SSSR count). The van der Waals surface area contributed by atoms with Gasteiger partial charge in [0.05, 0.1) is 7.11 Å². The van der Waals surface area contributed by atoms with Gasteiger partial charge in [-0.2, -0.15) is 0 Å². The molecule has 8 nitrogen and oxygen atoms in total. The molecule has 3 aromatic rings. The maximum Gasteiger partial charge on any atom is 0.410 e. The van der Waals surface area contributed by atoms with E-state index in [9.17, 15) is 19.5 Å². The van der Waals surface area contributed by atoms with Gasteiger partial charge in [0, 0.05) is 29.1 Å². The molecule has 0 saturated carbocycles. The summed E-state index contributed by atoms with van der Waals surface area (Å²) in [7, 11) is 1.27. The number of furan rings is 1. The molecular formula is C27H29NO7. The van der Waals surface area contributed by atoms with Gasteiger partial charge in [0.1, 0.15) is 28.4 Å². The van der Waals surface area contributed by atoms with Crippen molar-refractivity contribution in [1.29, 1.82) is 0 Å². The Morgan fingerprint density at radius 1 is 1.20 bits per heavy atom. The molecule has 0 aliphatic heterocycles. The number of benzene rings is 1. The third-order valence-corrected chi connectivity index (χ3v) is 5.66. The quantitative estimate of drug-likeness (QED) is 0.299. The number of aromatic hydroxyl groups is 1. The summed E-state index contributed by atoms with van der Waals surface area (Å²) in [6.45, 7) is 5.44. The Kier molecular flexibility index (Phi) is 8.30. The number of aryl methyl sites for hydroxylation is 1. The smallest absolute Gasteiger partial charge is 0.410 e. The molecule has 1 atom stereocenters. The minimum absolute atomic E-state index is 0.208. The highest BCUT2D eigenvalue weighted by Gasteiger charge is 2.22. The predicted octanol–water partition coefficient (Wildman–Crippen LogP) is 5.69. The van der Waals surface area contributed by atoms with E-state index in [1.165, 1.54) is 25.5 Å². The summed E-state index contributed by atoms with van der Waals surface area (Å²) in [6.07, 6.45) is 6.21. The largest absolute Gasteiger partial charge is 0.507 e. The van der Waals surface area contributed by atoms with Crippen LogP contribution in [0.5, 0.6) is 5.75 Å². The Balaban J connectivity index is 1.74. The lowest BCUT2D eigenvalue weighted by Gasteiger charge is -2.11. The van der Waals surface area contributed by atoms with E-state index in [1.807, 2.05) is 31.2 Å². The molecule has 0 fully saturated rings. The van der Waals surface area contributed by atoms with Gasteiger partial charge in [0.2, 0.25) is 0 Å². The van der Waals surface area contributed by atoms with Crippen molar-refractivity contribution in [3.05, 3.63) is 81.2 Å². The maximum atomic E-state index is 12.9. The van der Waals surface area contributed by atoms with E-state index in [1.54, 1.807) is 13.0 Å². The molecule has 0 saturated heterocycles. The van der Waals surface area contributed by atoms with Crippen LogP contribution in [0.3, 0.4) is 0 Å². The topological polar surface area (TPSA) is 119 Å². The summed E-state index contributed by atoms with van der Waals surface area (Å²) in [5, 5.41) is 13.8. The van der Waals surface area contributed by atoms with E-state index in [-0.39, 0.29) is 17.3 Å². The van der Waals surface area contributed by atoms with Gasteiger partial charge in [-0.1, -0.05) is 32.1 Å².